The van der Waals surface area contributed by atoms with Gasteiger partial charge in [0.15, 0.2) is 34.9 Å². The summed E-state index contributed by atoms with van der Waals surface area (Å²) in [5.74, 6) is -2.16. The number of benzene rings is 3. The topological polar surface area (TPSA) is 327 Å². The number of allylic oxidation sites excluding steroid dienone is 3. The molecule has 18 heteroatoms. The van der Waals surface area contributed by atoms with Crippen LogP contribution in [0.25, 0.3) is 16.7 Å². The van der Waals surface area contributed by atoms with Crippen LogP contribution in [0.2, 0.25) is 0 Å². The molecule has 0 N–H and O–H groups in total. The zero-order valence-electron chi connectivity index (χ0n) is 26.5. The maximum atomic E-state index is 10.4. The smallest absolute Gasteiger partial charge is 0.178 e. The van der Waals surface area contributed by atoms with Gasteiger partial charge in [0.05, 0.1) is 67.7 Å². The van der Waals surface area contributed by atoms with Crippen molar-refractivity contribution < 1.29 is 0 Å². The van der Waals surface area contributed by atoms with Gasteiger partial charge in [0.1, 0.15) is 69.2 Å². The Hall–Kier alpha value is -9.90. The van der Waals surface area contributed by atoms with Crippen molar-refractivity contribution in [2.24, 2.45) is 30.0 Å². The summed E-state index contributed by atoms with van der Waals surface area (Å²) in [6.45, 7) is 0. The molecule has 4 aromatic rings. The van der Waals surface area contributed by atoms with Gasteiger partial charge in [0, 0.05) is 0 Å². The lowest BCUT2D eigenvalue weighted by Crippen LogP contribution is -2.25. The minimum absolute atomic E-state index is 0.00532. The minimum Gasteiger partial charge on any atom is -0.225 e. The summed E-state index contributed by atoms with van der Waals surface area (Å²) in [6, 6.07) is 25.4. The van der Waals surface area contributed by atoms with E-state index in [-0.39, 0.29) is 83.0 Å². The number of hydrogen-bond donors (Lipinski definition) is 0. The third kappa shape index (κ3) is 5.28. The highest BCUT2D eigenvalue weighted by Gasteiger charge is 2.26. The minimum atomic E-state index is -0.450. The van der Waals surface area contributed by atoms with E-state index in [0.29, 0.717) is 0 Å². The van der Waals surface area contributed by atoms with Crippen molar-refractivity contribution in [2.75, 3.05) is 0 Å². The molecule has 7 rings (SSSR count). The molecule has 0 unspecified atom stereocenters. The van der Waals surface area contributed by atoms with Crippen LogP contribution in [-0.4, -0.2) is 15.0 Å². The predicted molar refractivity (Wildman–Crippen MR) is 172 cm³/mol. The molecular weight excluding hydrogens is 685 g/mol. The first-order valence-corrected chi connectivity index (χ1v) is 14.8. The molecule has 3 aromatic carbocycles. The van der Waals surface area contributed by atoms with E-state index in [0.717, 1.165) is 0 Å². The fourth-order valence-electron chi connectivity index (χ4n) is 5.30. The van der Waals surface area contributed by atoms with E-state index in [1.807, 2.05) is 54.6 Å². The molecule has 0 saturated heterocycles. The van der Waals surface area contributed by atoms with Crippen molar-refractivity contribution in [3.8, 4) is 54.6 Å². The van der Waals surface area contributed by atoms with Gasteiger partial charge < -0.3 is 0 Å². The van der Waals surface area contributed by atoms with Gasteiger partial charge in [0.25, 0.3) is 0 Å². The molecule has 0 bridgehead atoms. The lowest BCUT2D eigenvalue weighted by atomic mass is 10.1. The summed E-state index contributed by atoms with van der Waals surface area (Å²) in [5.41, 5.74) is -0.836. The molecule has 0 aliphatic carbocycles. The van der Waals surface area contributed by atoms with Gasteiger partial charge in [-0.3, -0.25) is 0 Å². The molecule has 0 spiro atoms. The highest BCUT2D eigenvalue weighted by Crippen LogP contribution is 2.26. The second-order valence-corrected chi connectivity index (χ2v) is 10.8. The molecule has 4 heterocycles. The van der Waals surface area contributed by atoms with E-state index in [9.17, 15) is 47.4 Å². The summed E-state index contributed by atoms with van der Waals surface area (Å²) in [4.78, 5) is 39.0. The van der Waals surface area contributed by atoms with E-state index >= 15 is 0 Å². The van der Waals surface area contributed by atoms with Crippen LogP contribution in [0.4, 0.5) is 0 Å². The summed E-state index contributed by atoms with van der Waals surface area (Å²) in [6.07, 6.45) is 0. The number of fused-ring (bicyclic) bond motifs is 3. The number of hydrogen-bond acceptors (Lipinski definition) is 18. The van der Waals surface area contributed by atoms with Crippen LogP contribution in [0.5, 0.6) is 0 Å². The SMILES string of the molecule is N#CC(=C1N=c2cc(C#N)cc(C#N)c2=N1)c1nc(C(C#N)=C2N=c3cc(C#N)cc(C#N)c3=N2)nc(C(C#N)=C2N=c3cc(C#N)cc(C#N)c3=N2)n1. The lowest BCUT2D eigenvalue weighted by Gasteiger charge is -2.07. The molecule has 18 nitrogen and oxygen atoms in total. The lowest BCUT2D eigenvalue weighted by molar-refractivity contribution is 0.959. The monoisotopic (exact) mass is 690 g/mol. The zero-order chi connectivity index (χ0) is 38.1. The van der Waals surface area contributed by atoms with Crippen molar-refractivity contribution in [3.05, 3.63) is 137 Å². The molecule has 1 aromatic heterocycles. The van der Waals surface area contributed by atoms with Crippen LogP contribution in [0, 0.1) is 102 Å². The standard InChI is InChI=1S/C36H6N18/c37-7-16-1-19(10-40)28-25(4-16)46-31(49-28)22(13-43)34-52-35(23(14-44)32-47-26-5-17(8-38)2-20(11-41)29(26)50-32)54-36(53-34)24(15-45)33-48-27-6-18(9-39)3-21(12-42)30(27)51-33/h1-6H. The Morgan fingerprint density at radius 1 is 0.352 bits per heavy atom. The van der Waals surface area contributed by atoms with Crippen LogP contribution in [0.15, 0.2) is 83.8 Å². The van der Waals surface area contributed by atoms with Gasteiger partial charge in [-0.15, -0.1) is 0 Å². The maximum absolute atomic E-state index is 10.4. The van der Waals surface area contributed by atoms with Gasteiger partial charge >= 0.3 is 0 Å². The normalized spacial score (nSPS) is 11.9. The summed E-state index contributed by atoms with van der Waals surface area (Å²) < 4.78 is 0. The first-order chi connectivity index (χ1) is 26.3. The van der Waals surface area contributed by atoms with Crippen molar-refractivity contribution >= 4 is 16.7 Å². The van der Waals surface area contributed by atoms with Crippen molar-refractivity contribution in [2.45, 2.75) is 0 Å². The van der Waals surface area contributed by atoms with E-state index in [1.165, 1.54) is 36.4 Å². The number of aromatic nitrogens is 3. The summed E-state index contributed by atoms with van der Waals surface area (Å²) >= 11 is 0. The molecule has 240 valence electrons. The van der Waals surface area contributed by atoms with Crippen LogP contribution >= 0.6 is 0 Å². The Bertz CT molecular complexity index is 3050. The maximum Gasteiger partial charge on any atom is 0.178 e. The second-order valence-electron chi connectivity index (χ2n) is 10.8. The first kappa shape index (κ1) is 32.6. The van der Waals surface area contributed by atoms with E-state index < -0.39 is 34.2 Å². The van der Waals surface area contributed by atoms with Crippen molar-refractivity contribution in [1.82, 2.24) is 15.0 Å². The van der Waals surface area contributed by atoms with Gasteiger partial charge in [-0.2, -0.15) is 47.4 Å². The highest BCUT2D eigenvalue weighted by molar-refractivity contribution is 5.82. The van der Waals surface area contributed by atoms with Gasteiger partial charge in [-0.1, -0.05) is 0 Å². The van der Waals surface area contributed by atoms with Crippen LogP contribution < -0.4 is 32.1 Å². The van der Waals surface area contributed by atoms with E-state index in [1.54, 1.807) is 0 Å². The average Bonchev–Trinajstić information content (AvgIpc) is 3.94. The molecule has 54 heavy (non-hydrogen) atoms. The van der Waals surface area contributed by atoms with Crippen molar-refractivity contribution in [3.63, 3.8) is 0 Å². The van der Waals surface area contributed by atoms with Crippen LogP contribution in [0.3, 0.4) is 0 Å². The van der Waals surface area contributed by atoms with Crippen LogP contribution in [-0.2, 0) is 0 Å². The molecule has 3 aliphatic rings. The molecule has 0 atom stereocenters. The van der Waals surface area contributed by atoms with Gasteiger partial charge in [0.2, 0.25) is 0 Å². The Morgan fingerprint density at radius 2 is 0.630 bits per heavy atom. The van der Waals surface area contributed by atoms with Crippen molar-refractivity contribution in [1.29, 1.82) is 47.4 Å². The Balaban J connectivity index is 1.54. The van der Waals surface area contributed by atoms with Crippen LogP contribution in [0.1, 0.15) is 50.9 Å². The second kappa shape index (κ2) is 12.9. The van der Waals surface area contributed by atoms with E-state index in [2.05, 4.69) is 44.9 Å². The highest BCUT2D eigenvalue weighted by atomic mass is 15.1. The fourth-order valence-corrected chi connectivity index (χ4v) is 5.30. The molecule has 0 radical (unpaired) electrons. The molecule has 3 aliphatic heterocycles. The average molecular weight is 691 g/mol. The van der Waals surface area contributed by atoms with Gasteiger partial charge in [-0.25, -0.2) is 44.9 Å². The largest absolute Gasteiger partial charge is 0.225 e. The molecule has 0 fully saturated rings. The number of rotatable bonds is 3. The molecule has 0 amide bonds. The third-order valence-corrected chi connectivity index (χ3v) is 7.66. The predicted octanol–water partition coefficient (Wildman–Crippen LogP) is -0.463. The van der Waals surface area contributed by atoms with Gasteiger partial charge in [-0.05, 0) is 36.4 Å². The third-order valence-electron chi connectivity index (χ3n) is 7.66. The summed E-state index contributed by atoms with van der Waals surface area (Å²) in [5, 5.41) is 89.1. The molecule has 0 saturated carbocycles. The number of nitriles is 9. The zero-order valence-corrected chi connectivity index (χ0v) is 26.5. The Labute approximate surface area is 300 Å². The number of nitrogens with zero attached hydrogens (tertiary/aromatic N) is 18. The molecular formula is C36H6N18. The quantitative estimate of drug-likeness (QED) is 0.246. The Morgan fingerprint density at radius 3 is 0.852 bits per heavy atom. The first-order valence-electron chi connectivity index (χ1n) is 14.8. The fraction of sp³-hybridized carbons (Fsp3) is 0. The van der Waals surface area contributed by atoms with E-state index in [4.69, 9.17) is 0 Å². The summed E-state index contributed by atoms with van der Waals surface area (Å²) in [7, 11) is 0. The Kier molecular flexibility index (Phi) is 7.77.